The van der Waals surface area contributed by atoms with E-state index in [9.17, 15) is 4.79 Å². The lowest BCUT2D eigenvalue weighted by molar-refractivity contribution is 0.0953. The topological polar surface area (TPSA) is 41.1 Å². The Morgan fingerprint density at radius 2 is 2.18 bits per heavy atom. The van der Waals surface area contributed by atoms with E-state index in [4.69, 9.17) is 11.6 Å². The third kappa shape index (κ3) is 3.94. The zero-order valence-corrected chi connectivity index (χ0v) is 14.4. The fraction of sp³-hybridized carbons (Fsp3) is 0.312. The first-order valence-electron chi connectivity index (χ1n) is 7.12. The molecule has 0 unspecified atom stereocenters. The minimum atomic E-state index is 0. The van der Waals surface area contributed by atoms with Crippen LogP contribution in [0.4, 0.5) is 5.69 Å². The van der Waals surface area contributed by atoms with Gasteiger partial charge in [-0.25, -0.2) is 0 Å². The first-order valence-corrected chi connectivity index (χ1v) is 8.31. The van der Waals surface area contributed by atoms with Gasteiger partial charge in [0.2, 0.25) is 0 Å². The minimum Gasteiger partial charge on any atom is -0.385 e. The largest absolute Gasteiger partial charge is 0.385 e. The zero-order chi connectivity index (χ0) is 14.7. The van der Waals surface area contributed by atoms with Gasteiger partial charge in [0.05, 0.1) is 4.34 Å². The van der Waals surface area contributed by atoms with Crippen LogP contribution >= 0.6 is 35.3 Å². The molecular weight excluding hydrogens is 339 g/mol. The molecule has 118 valence electrons. The summed E-state index contributed by atoms with van der Waals surface area (Å²) in [6.45, 7) is 1.62. The van der Waals surface area contributed by atoms with Crippen molar-refractivity contribution in [1.29, 1.82) is 0 Å². The Bertz CT molecular complexity index is 657. The fourth-order valence-corrected chi connectivity index (χ4v) is 3.69. The van der Waals surface area contributed by atoms with Crippen molar-refractivity contribution in [1.82, 2.24) is 5.32 Å². The minimum absolute atomic E-state index is 0. The van der Waals surface area contributed by atoms with E-state index >= 15 is 0 Å². The van der Waals surface area contributed by atoms with Crippen molar-refractivity contribution in [2.75, 3.05) is 18.4 Å². The molecule has 0 saturated heterocycles. The van der Waals surface area contributed by atoms with Crippen LogP contribution in [0.1, 0.15) is 27.2 Å². The van der Waals surface area contributed by atoms with Crippen molar-refractivity contribution in [2.24, 2.45) is 0 Å². The van der Waals surface area contributed by atoms with Gasteiger partial charge in [-0.05, 0) is 49.1 Å². The number of thiophene rings is 1. The Morgan fingerprint density at radius 1 is 1.32 bits per heavy atom. The third-order valence-corrected chi connectivity index (χ3v) is 4.92. The van der Waals surface area contributed by atoms with Crippen molar-refractivity contribution in [3.8, 4) is 0 Å². The van der Waals surface area contributed by atoms with E-state index in [1.807, 2.05) is 30.3 Å². The Hall–Kier alpha value is -1.23. The number of anilines is 1. The lowest BCUT2D eigenvalue weighted by Crippen LogP contribution is -2.27. The van der Waals surface area contributed by atoms with Gasteiger partial charge in [0.15, 0.2) is 0 Å². The van der Waals surface area contributed by atoms with Gasteiger partial charge in [0.1, 0.15) is 0 Å². The quantitative estimate of drug-likeness (QED) is 0.863. The van der Waals surface area contributed by atoms with Crippen LogP contribution in [0.3, 0.4) is 0 Å². The number of hydrogen-bond donors (Lipinski definition) is 2. The lowest BCUT2D eigenvalue weighted by Gasteiger charge is -2.20. The molecule has 2 heterocycles. The lowest BCUT2D eigenvalue weighted by atomic mass is 9.97. The van der Waals surface area contributed by atoms with Gasteiger partial charge in [0.25, 0.3) is 5.91 Å². The molecule has 2 N–H and O–H groups in total. The van der Waals surface area contributed by atoms with E-state index < -0.39 is 0 Å². The molecule has 1 aliphatic rings. The molecule has 0 radical (unpaired) electrons. The van der Waals surface area contributed by atoms with Gasteiger partial charge < -0.3 is 10.6 Å². The fourth-order valence-electron chi connectivity index (χ4n) is 2.60. The van der Waals surface area contributed by atoms with Crippen LogP contribution in [0.25, 0.3) is 0 Å². The van der Waals surface area contributed by atoms with Crippen molar-refractivity contribution >= 4 is 46.9 Å². The molecule has 0 bridgehead atoms. The summed E-state index contributed by atoms with van der Waals surface area (Å²) >= 11 is 7.46. The average Bonchev–Trinajstić information content (AvgIpc) is 2.92. The standard InChI is InChI=1S/C16H17ClN2OS.ClH/c17-15-7-6-11(21-15)8-10-19-16(20)13-3-1-5-14-12(13)4-2-9-18-14;/h1,3,5-7,18H,2,4,8-10H2,(H,19,20);1H. The summed E-state index contributed by atoms with van der Waals surface area (Å²) in [5, 5.41) is 6.35. The van der Waals surface area contributed by atoms with Gasteiger partial charge in [-0.15, -0.1) is 23.7 Å². The normalized spacial score (nSPS) is 12.8. The van der Waals surface area contributed by atoms with E-state index in [1.54, 1.807) is 11.3 Å². The molecule has 1 aliphatic heterocycles. The molecule has 1 aromatic carbocycles. The summed E-state index contributed by atoms with van der Waals surface area (Å²) in [6, 6.07) is 9.78. The van der Waals surface area contributed by atoms with E-state index in [0.717, 1.165) is 47.0 Å². The predicted molar refractivity (Wildman–Crippen MR) is 95.9 cm³/mol. The highest BCUT2D eigenvalue weighted by Crippen LogP contribution is 2.25. The van der Waals surface area contributed by atoms with Gasteiger partial charge in [-0.1, -0.05) is 17.7 Å². The summed E-state index contributed by atoms with van der Waals surface area (Å²) in [6.07, 6.45) is 2.86. The summed E-state index contributed by atoms with van der Waals surface area (Å²) in [4.78, 5) is 13.5. The molecule has 0 fully saturated rings. The number of amides is 1. The van der Waals surface area contributed by atoms with Crippen LogP contribution in [-0.4, -0.2) is 19.0 Å². The highest BCUT2D eigenvalue weighted by Gasteiger charge is 2.16. The number of benzene rings is 1. The van der Waals surface area contributed by atoms with Gasteiger partial charge >= 0.3 is 0 Å². The van der Waals surface area contributed by atoms with Crippen molar-refractivity contribution in [3.05, 3.63) is 50.7 Å². The number of halogens is 2. The second-order valence-electron chi connectivity index (χ2n) is 5.07. The second-order valence-corrected chi connectivity index (χ2v) is 6.87. The van der Waals surface area contributed by atoms with Gasteiger partial charge in [-0.3, -0.25) is 4.79 Å². The SMILES string of the molecule is Cl.O=C(NCCc1ccc(Cl)s1)c1cccc2c1CCCN2. The summed E-state index contributed by atoms with van der Waals surface area (Å²) < 4.78 is 0.791. The number of rotatable bonds is 4. The van der Waals surface area contributed by atoms with Gasteiger partial charge in [0, 0.05) is 29.2 Å². The number of hydrogen-bond acceptors (Lipinski definition) is 3. The summed E-state index contributed by atoms with van der Waals surface area (Å²) in [5.41, 5.74) is 3.03. The zero-order valence-electron chi connectivity index (χ0n) is 12.0. The maximum absolute atomic E-state index is 12.4. The van der Waals surface area contributed by atoms with Crippen LogP contribution in [0, 0.1) is 0 Å². The van der Waals surface area contributed by atoms with Crippen LogP contribution < -0.4 is 10.6 Å². The predicted octanol–water partition coefficient (Wildman–Crippen LogP) is 4.15. The molecule has 3 nitrogen and oxygen atoms in total. The summed E-state index contributed by atoms with van der Waals surface area (Å²) in [5.74, 6) is 0.0122. The Kier molecular flexibility index (Phi) is 6.12. The molecule has 6 heteroatoms. The smallest absolute Gasteiger partial charge is 0.251 e. The van der Waals surface area contributed by atoms with E-state index in [2.05, 4.69) is 10.6 Å². The molecule has 0 atom stereocenters. The second kappa shape index (κ2) is 7.86. The molecule has 1 amide bonds. The molecule has 3 rings (SSSR count). The Labute approximate surface area is 145 Å². The average molecular weight is 357 g/mol. The number of carbonyl (C=O) groups excluding carboxylic acids is 1. The molecule has 2 aromatic rings. The van der Waals surface area contributed by atoms with E-state index in [0.29, 0.717) is 6.54 Å². The van der Waals surface area contributed by atoms with Gasteiger partial charge in [-0.2, -0.15) is 0 Å². The summed E-state index contributed by atoms with van der Waals surface area (Å²) in [7, 11) is 0. The molecule has 0 spiro atoms. The molecule has 0 aliphatic carbocycles. The van der Waals surface area contributed by atoms with Crippen LogP contribution in [0.15, 0.2) is 30.3 Å². The number of nitrogens with one attached hydrogen (secondary N) is 2. The Balaban J connectivity index is 0.00000176. The van der Waals surface area contributed by atoms with Crippen LogP contribution in [-0.2, 0) is 12.8 Å². The van der Waals surface area contributed by atoms with Crippen LogP contribution in [0.5, 0.6) is 0 Å². The first kappa shape index (κ1) is 17.1. The van der Waals surface area contributed by atoms with E-state index in [-0.39, 0.29) is 18.3 Å². The molecule has 0 saturated carbocycles. The maximum Gasteiger partial charge on any atom is 0.251 e. The number of fused-ring (bicyclic) bond motifs is 1. The van der Waals surface area contributed by atoms with Crippen molar-refractivity contribution in [2.45, 2.75) is 19.3 Å². The monoisotopic (exact) mass is 356 g/mol. The van der Waals surface area contributed by atoms with Crippen molar-refractivity contribution in [3.63, 3.8) is 0 Å². The highest BCUT2D eigenvalue weighted by atomic mass is 35.5. The van der Waals surface area contributed by atoms with Crippen molar-refractivity contribution < 1.29 is 4.79 Å². The maximum atomic E-state index is 12.4. The third-order valence-electron chi connectivity index (χ3n) is 3.63. The number of carbonyl (C=O) groups is 1. The molecule has 1 aromatic heterocycles. The van der Waals surface area contributed by atoms with Crippen LogP contribution in [0.2, 0.25) is 4.34 Å². The first-order chi connectivity index (χ1) is 10.2. The van der Waals surface area contributed by atoms with E-state index in [1.165, 1.54) is 4.88 Å². The molecular formula is C16H18Cl2N2OS. The molecule has 22 heavy (non-hydrogen) atoms. The Morgan fingerprint density at radius 3 is 2.95 bits per heavy atom. The highest BCUT2D eigenvalue weighted by molar-refractivity contribution is 7.16.